The Bertz CT molecular complexity index is 368. The molecule has 7 heteroatoms. The van der Waals surface area contributed by atoms with Crippen LogP contribution >= 0.6 is 0 Å². The van der Waals surface area contributed by atoms with Crippen molar-refractivity contribution >= 4 is 19.3 Å². The highest BCUT2D eigenvalue weighted by Gasteiger charge is 2.17. The van der Waals surface area contributed by atoms with E-state index in [0.29, 0.717) is 18.8 Å². The SMILES string of the molecule is N=C(N)NCCC[C@H](N)C(=O)NBC1CCCCCCCCCCC1. The molecule has 0 spiro atoms. The molecule has 1 rings (SSSR count). The molecule has 0 unspecified atom stereocenters. The van der Waals surface area contributed by atoms with E-state index in [4.69, 9.17) is 16.9 Å². The van der Waals surface area contributed by atoms with Crippen LogP contribution in [0.1, 0.15) is 83.5 Å². The molecule has 0 aliphatic heterocycles. The molecular weight excluding hydrogens is 313 g/mol. The van der Waals surface area contributed by atoms with Crippen molar-refractivity contribution < 1.29 is 4.79 Å². The Morgan fingerprint density at radius 3 is 2.08 bits per heavy atom. The van der Waals surface area contributed by atoms with Crippen molar-refractivity contribution in [2.24, 2.45) is 11.5 Å². The first kappa shape index (κ1) is 21.8. The average Bonchev–Trinajstić information content (AvgIpc) is 2.57. The Hall–Kier alpha value is -1.24. The minimum atomic E-state index is -0.472. The molecule has 0 bridgehead atoms. The topological polar surface area (TPSA) is 117 Å². The van der Waals surface area contributed by atoms with Gasteiger partial charge in [0.15, 0.2) is 5.96 Å². The van der Waals surface area contributed by atoms with Crippen molar-refractivity contribution in [3.05, 3.63) is 0 Å². The van der Waals surface area contributed by atoms with E-state index in [-0.39, 0.29) is 11.9 Å². The van der Waals surface area contributed by atoms with Gasteiger partial charge in [-0.05, 0) is 18.7 Å². The van der Waals surface area contributed by atoms with Crippen LogP contribution in [0, 0.1) is 5.41 Å². The highest BCUT2D eigenvalue weighted by molar-refractivity contribution is 6.39. The first-order chi connectivity index (χ1) is 12.1. The molecule has 0 aromatic heterocycles. The van der Waals surface area contributed by atoms with Gasteiger partial charge in [-0.2, -0.15) is 0 Å². The molecule has 6 nitrogen and oxygen atoms in total. The molecule has 0 aromatic rings. The summed E-state index contributed by atoms with van der Waals surface area (Å²) in [6.45, 7) is 0.582. The molecule has 1 amide bonds. The van der Waals surface area contributed by atoms with Crippen molar-refractivity contribution in [2.45, 2.75) is 95.3 Å². The van der Waals surface area contributed by atoms with Gasteiger partial charge in [-0.3, -0.25) is 10.2 Å². The Balaban J connectivity index is 2.23. The van der Waals surface area contributed by atoms with E-state index in [1.165, 1.54) is 70.6 Å². The third-order valence-electron chi connectivity index (χ3n) is 5.13. The maximum absolute atomic E-state index is 12.2. The van der Waals surface area contributed by atoms with Crippen molar-refractivity contribution in [3.8, 4) is 0 Å². The van der Waals surface area contributed by atoms with E-state index in [1.807, 2.05) is 0 Å². The zero-order valence-corrected chi connectivity index (χ0v) is 15.8. The van der Waals surface area contributed by atoms with E-state index < -0.39 is 6.04 Å². The van der Waals surface area contributed by atoms with E-state index in [9.17, 15) is 4.79 Å². The fourth-order valence-corrected chi connectivity index (χ4v) is 3.50. The van der Waals surface area contributed by atoms with Gasteiger partial charge in [-0.1, -0.05) is 70.6 Å². The molecule has 1 atom stereocenters. The molecule has 1 saturated carbocycles. The molecule has 0 heterocycles. The highest BCUT2D eigenvalue weighted by atomic mass is 16.1. The Morgan fingerprint density at radius 1 is 1.04 bits per heavy atom. The maximum atomic E-state index is 12.2. The van der Waals surface area contributed by atoms with Gasteiger partial charge in [0, 0.05) is 6.54 Å². The number of guanidine groups is 1. The van der Waals surface area contributed by atoms with Crippen molar-refractivity contribution in [3.63, 3.8) is 0 Å². The summed E-state index contributed by atoms with van der Waals surface area (Å²) < 4.78 is 0. The summed E-state index contributed by atoms with van der Waals surface area (Å²) in [5.41, 5.74) is 11.2. The molecule has 0 aromatic carbocycles. The first-order valence-electron chi connectivity index (χ1n) is 10.2. The number of carbonyl (C=O) groups excluding carboxylic acids is 1. The highest BCUT2D eigenvalue weighted by Crippen LogP contribution is 2.23. The Kier molecular flexibility index (Phi) is 12.2. The smallest absolute Gasteiger partial charge is 0.239 e. The zero-order valence-electron chi connectivity index (χ0n) is 15.8. The summed E-state index contributed by atoms with van der Waals surface area (Å²) in [7, 11) is 0.762. The molecule has 25 heavy (non-hydrogen) atoms. The van der Waals surface area contributed by atoms with Gasteiger partial charge in [0.05, 0.1) is 6.04 Å². The molecule has 144 valence electrons. The molecule has 1 aliphatic rings. The summed E-state index contributed by atoms with van der Waals surface area (Å²) in [4.78, 5) is 12.2. The van der Waals surface area contributed by atoms with Gasteiger partial charge in [-0.15, -0.1) is 0 Å². The van der Waals surface area contributed by atoms with Gasteiger partial charge in [0.25, 0.3) is 0 Å². The van der Waals surface area contributed by atoms with Crippen molar-refractivity contribution in [1.82, 2.24) is 10.5 Å². The van der Waals surface area contributed by atoms with Crippen LogP contribution in [0.3, 0.4) is 0 Å². The van der Waals surface area contributed by atoms with Gasteiger partial charge in [-0.25, -0.2) is 0 Å². The van der Waals surface area contributed by atoms with Crippen LogP contribution in [0.5, 0.6) is 0 Å². The van der Waals surface area contributed by atoms with Crippen LogP contribution in [-0.2, 0) is 4.79 Å². The largest absolute Gasteiger partial charge is 0.401 e. The number of hydrogen-bond donors (Lipinski definition) is 5. The van der Waals surface area contributed by atoms with Gasteiger partial charge < -0.3 is 22.0 Å². The van der Waals surface area contributed by atoms with Crippen LogP contribution in [0.4, 0.5) is 0 Å². The summed E-state index contributed by atoms with van der Waals surface area (Å²) in [5.74, 6) is 0.504. The Labute approximate surface area is 154 Å². The van der Waals surface area contributed by atoms with E-state index >= 15 is 0 Å². The first-order valence-corrected chi connectivity index (χ1v) is 10.2. The second-order valence-corrected chi connectivity index (χ2v) is 7.46. The van der Waals surface area contributed by atoms with Crippen molar-refractivity contribution in [1.29, 1.82) is 5.41 Å². The number of nitrogens with one attached hydrogen (secondary N) is 3. The summed E-state index contributed by atoms with van der Waals surface area (Å²) >= 11 is 0. The van der Waals surface area contributed by atoms with Gasteiger partial charge in [0.2, 0.25) is 13.3 Å². The fourth-order valence-electron chi connectivity index (χ4n) is 3.50. The second kappa shape index (κ2) is 14.0. The minimum Gasteiger partial charge on any atom is -0.401 e. The minimum absolute atomic E-state index is 0.0412. The lowest BCUT2D eigenvalue weighted by molar-refractivity contribution is -0.120. The van der Waals surface area contributed by atoms with E-state index in [0.717, 1.165) is 13.8 Å². The lowest BCUT2D eigenvalue weighted by Crippen LogP contribution is -2.43. The van der Waals surface area contributed by atoms with Crippen LogP contribution in [0.15, 0.2) is 0 Å². The molecule has 7 N–H and O–H groups in total. The van der Waals surface area contributed by atoms with Crippen molar-refractivity contribution in [2.75, 3.05) is 6.54 Å². The lowest BCUT2D eigenvalue weighted by Gasteiger charge is -2.19. The fraction of sp³-hybridized carbons (Fsp3) is 0.889. The third-order valence-corrected chi connectivity index (χ3v) is 5.13. The number of hydrogen-bond acceptors (Lipinski definition) is 3. The monoisotopic (exact) mass is 351 g/mol. The maximum Gasteiger partial charge on any atom is 0.239 e. The van der Waals surface area contributed by atoms with Crippen LogP contribution in [0.25, 0.3) is 0 Å². The molecular formula is C18H38BN5O. The summed E-state index contributed by atoms with van der Waals surface area (Å²) in [6, 6.07) is -0.472. The standard InChI is InChI=1S/C18H38BN5O/c20-16(13-10-14-23-18(21)22)17(25)24-19-15-11-8-6-4-2-1-3-5-7-9-12-15/h15-16,19H,1-14,20H2,(H,24,25)(H4,21,22,23)/t16-/m0/s1. The molecule has 0 radical (unpaired) electrons. The Morgan fingerprint density at radius 2 is 1.56 bits per heavy atom. The molecule has 0 saturated heterocycles. The summed E-state index contributed by atoms with van der Waals surface area (Å²) in [6.07, 6.45) is 15.9. The third kappa shape index (κ3) is 11.9. The lowest BCUT2D eigenvalue weighted by atomic mass is 9.69. The van der Waals surface area contributed by atoms with Crippen LogP contribution in [0.2, 0.25) is 5.82 Å². The van der Waals surface area contributed by atoms with Crippen LogP contribution < -0.4 is 22.0 Å². The second-order valence-electron chi connectivity index (χ2n) is 7.46. The number of nitrogens with two attached hydrogens (primary N) is 2. The normalized spacial score (nSPS) is 19.1. The number of carbonyl (C=O) groups is 1. The van der Waals surface area contributed by atoms with E-state index in [2.05, 4.69) is 10.5 Å². The molecule has 1 fully saturated rings. The zero-order chi connectivity index (χ0) is 18.3. The average molecular weight is 351 g/mol. The molecule has 1 aliphatic carbocycles. The van der Waals surface area contributed by atoms with E-state index in [1.54, 1.807) is 0 Å². The van der Waals surface area contributed by atoms with Gasteiger partial charge in [0.1, 0.15) is 0 Å². The number of amides is 1. The predicted molar refractivity (Wildman–Crippen MR) is 107 cm³/mol. The number of rotatable bonds is 7. The van der Waals surface area contributed by atoms with Crippen LogP contribution in [-0.4, -0.2) is 31.9 Å². The predicted octanol–water partition coefficient (Wildman–Crippen LogP) is 2.14. The summed E-state index contributed by atoms with van der Waals surface area (Å²) in [5, 5.41) is 12.9. The quantitative estimate of drug-likeness (QED) is 0.209. The van der Waals surface area contributed by atoms with Gasteiger partial charge >= 0.3 is 0 Å².